The zero-order valence-electron chi connectivity index (χ0n) is 42.1. The van der Waals surface area contributed by atoms with Crippen LogP contribution in [0.4, 0.5) is 0 Å². The Bertz CT molecular complexity index is 1900. The van der Waals surface area contributed by atoms with Gasteiger partial charge in [-0.25, -0.2) is 0 Å². The number of rotatable bonds is 11. The minimum absolute atomic E-state index is 0.195. The third kappa shape index (κ3) is 9.09. The van der Waals surface area contributed by atoms with E-state index in [9.17, 15) is 61.3 Å². The number of hydrogen-bond donors (Lipinski definition) is 12. The summed E-state index contributed by atoms with van der Waals surface area (Å²) in [6, 6.07) is 1.31. The monoisotopic (exact) mass is 1030 g/mol. The van der Waals surface area contributed by atoms with E-state index in [1.807, 2.05) is 0 Å². The molecule has 0 aromatic heterocycles. The molecule has 3 saturated carbocycles. The summed E-state index contributed by atoms with van der Waals surface area (Å²) in [6.07, 6.45) is -21.8. The van der Waals surface area contributed by atoms with Crippen LogP contribution in [0.2, 0.25) is 0 Å². The summed E-state index contributed by atoms with van der Waals surface area (Å²) < 4.78 is 48.6. The van der Waals surface area contributed by atoms with Crippen LogP contribution in [0.1, 0.15) is 92.4 Å². The molecule has 0 amide bonds. The van der Waals surface area contributed by atoms with Gasteiger partial charge in [-0.3, -0.25) is 4.90 Å². The standard InChI is InChI=1S/C51H83NO20/c1-20-6-11-28-21(2)33-29(52(28)16-20)14-27-25-10-8-23-7-9-24(15-51(23,5)26(25)12-13-50(27,33)4)66-49-45(72-46-39(61)37(59)34(56)22(3)65-46)41(63)43(32(19-55)69-49)70-48-42(64)44(36(58)31(18-54)68-48)71-47-40(62)38(60)35(57)30(17-53)67-47/h8,20-22,24-49,53-64H,6-7,9-19H2,1-5H3. The highest BCUT2D eigenvalue weighted by atomic mass is 16.8. The fourth-order valence-electron chi connectivity index (χ4n) is 16.3. The fraction of sp³-hybridized carbons (Fsp3) is 0.961. The average molecular weight is 1030 g/mol. The van der Waals surface area contributed by atoms with Gasteiger partial charge in [-0.2, -0.15) is 0 Å². The van der Waals surface area contributed by atoms with Gasteiger partial charge in [-0.05, 0) is 111 Å². The van der Waals surface area contributed by atoms with E-state index in [0.717, 1.165) is 25.2 Å². The molecule has 0 radical (unpaired) electrons. The Morgan fingerprint density at radius 1 is 0.583 bits per heavy atom. The summed E-state index contributed by atoms with van der Waals surface area (Å²) in [5, 5.41) is 130. The van der Waals surface area contributed by atoms with Gasteiger partial charge in [-0.15, -0.1) is 0 Å². The topological polar surface area (TPSA) is 320 Å². The van der Waals surface area contributed by atoms with Crippen LogP contribution < -0.4 is 0 Å². The van der Waals surface area contributed by atoms with E-state index in [-0.39, 0.29) is 10.8 Å². The van der Waals surface area contributed by atoms with Crippen molar-refractivity contribution in [1.29, 1.82) is 0 Å². The van der Waals surface area contributed by atoms with E-state index < -0.39 is 149 Å². The van der Waals surface area contributed by atoms with Crippen molar-refractivity contribution in [3.05, 3.63) is 11.6 Å². The molecule has 31 atom stereocenters. The molecule has 6 aliphatic heterocycles. The second kappa shape index (κ2) is 20.9. The minimum Gasteiger partial charge on any atom is -0.394 e. The highest BCUT2D eigenvalue weighted by Crippen LogP contribution is 2.70. The second-order valence-electron chi connectivity index (χ2n) is 24.0. The van der Waals surface area contributed by atoms with Crippen LogP contribution in [0.5, 0.6) is 0 Å². The number of piperidine rings is 1. The molecule has 0 spiro atoms. The van der Waals surface area contributed by atoms with Crippen LogP contribution in [-0.2, 0) is 37.9 Å². The lowest BCUT2D eigenvalue weighted by molar-refractivity contribution is -0.397. The lowest BCUT2D eigenvalue weighted by atomic mass is 9.47. The highest BCUT2D eigenvalue weighted by Gasteiger charge is 2.67. The molecule has 4 aliphatic carbocycles. The Balaban J connectivity index is 0.880. The maximum Gasteiger partial charge on any atom is 0.187 e. The van der Waals surface area contributed by atoms with Gasteiger partial charge in [0.05, 0.1) is 32.0 Å². The summed E-state index contributed by atoms with van der Waals surface area (Å²) in [7, 11) is 0. The minimum atomic E-state index is -1.99. The third-order valence-corrected chi connectivity index (χ3v) is 20.1. The highest BCUT2D eigenvalue weighted by molar-refractivity contribution is 5.27. The SMILES string of the molecule is CC1CCC2C(C)C3C(CC4C5CC=C6CCC(OC7OC(CO)C(OC8OC(CO)C(O)C(OC9OC(CO)C(O)C(O)C9O)C8O)C(O)C7OC7OC(C)C(O)C(O)C7O)CC6(C)C5CCC43C)N2C1. The summed E-state index contributed by atoms with van der Waals surface area (Å²) in [5.41, 5.74) is 1.52. The van der Waals surface area contributed by atoms with Crippen molar-refractivity contribution in [3.63, 3.8) is 0 Å². The molecule has 0 aromatic rings. The number of nitrogens with zero attached hydrogens (tertiary/aromatic N) is 1. The van der Waals surface area contributed by atoms with Crippen molar-refractivity contribution in [2.45, 2.75) is 233 Å². The summed E-state index contributed by atoms with van der Waals surface area (Å²) in [6.45, 7) is 10.2. The molecule has 6 heterocycles. The van der Waals surface area contributed by atoms with Crippen molar-refractivity contribution in [2.24, 2.45) is 46.3 Å². The summed E-state index contributed by atoms with van der Waals surface area (Å²) >= 11 is 0. The Hall–Kier alpha value is -1.10. The number of allylic oxidation sites excluding steroid dienone is 2. The number of aliphatic hydroxyl groups excluding tert-OH is 12. The van der Waals surface area contributed by atoms with Crippen molar-refractivity contribution < 1.29 is 99.2 Å². The van der Waals surface area contributed by atoms with Crippen LogP contribution in [-0.4, -0.2) is 234 Å². The third-order valence-electron chi connectivity index (χ3n) is 20.1. The quantitative estimate of drug-likeness (QED) is 0.0995. The van der Waals surface area contributed by atoms with Crippen molar-refractivity contribution in [1.82, 2.24) is 4.90 Å². The molecular formula is C51H83NO20. The normalized spacial score (nSPS) is 56.8. The lowest BCUT2D eigenvalue weighted by Gasteiger charge is -2.59. The largest absolute Gasteiger partial charge is 0.394 e. The first-order valence-corrected chi connectivity index (χ1v) is 26.9. The molecule has 412 valence electrons. The molecule has 6 saturated heterocycles. The average Bonchev–Trinajstić information content (AvgIpc) is 3.83. The van der Waals surface area contributed by atoms with Crippen LogP contribution in [0.25, 0.3) is 0 Å². The number of aliphatic hydroxyl groups is 12. The molecule has 0 bridgehead atoms. The van der Waals surface area contributed by atoms with Gasteiger partial charge < -0.3 is 99.2 Å². The Morgan fingerprint density at radius 2 is 1.19 bits per heavy atom. The molecule has 0 aromatic carbocycles. The van der Waals surface area contributed by atoms with Gasteiger partial charge >= 0.3 is 0 Å². The molecule has 21 heteroatoms. The van der Waals surface area contributed by atoms with Gasteiger partial charge in [0, 0.05) is 18.6 Å². The van der Waals surface area contributed by atoms with Crippen molar-refractivity contribution >= 4 is 0 Å². The first kappa shape index (κ1) is 54.3. The summed E-state index contributed by atoms with van der Waals surface area (Å²) in [4.78, 5) is 2.91. The molecule has 12 N–H and O–H groups in total. The van der Waals surface area contributed by atoms with Gasteiger partial charge in [0.1, 0.15) is 91.6 Å². The van der Waals surface area contributed by atoms with Crippen LogP contribution in [0.15, 0.2) is 11.6 Å². The number of fused-ring (bicyclic) bond motifs is 9. The molecule has 9 fully saturated rings. The summed E-state index contributed by atoms with van der Waals surface area (Å²) in [5.74, 6) is 3.65. The molecule has 72 heavy (non-hydrogen) atoms. The Morgan fingerprint density at radius 3 is 1.89 bits per heavy atom. The van der Waals surface area contributed by atoms with Crippen LogP contribution in [0.3, 0.4) is 0 Å². The van der Waals surface area contributed by atoms with Crippen molar-refractivity contribution in [2.75, 3.05) is 26.4 Å². The van der Waals surface area contributed by atoms with E-state index in [0.29, 0.717) is 54.5 Å². The smallest absolute Gasteiger partial charge is 0.187 e. The lowest BCUT2D eigenvalue weighted by Crippen LogP contribution is -2.68. The number of hydrogen-bond acceptors (Lipinski definition) is 21. The second-order valence-corrected chi connectivity index (χ2v) is 24.0. The maximum absolute atomic E-state index is 12.4. The van der Waals surface area contributed by atoms with E-state index >= 15 is 0 Å². The maximum atomic E-state index is 12.4. The molecule has 10 aliphatic rings. The predicted octanol–water partition coefficient (Wildman–Crippen LogP) is -2.02. The predicted molar refractivity (Wildman–Crippen MR) is 248 cm³/mol. The Labute approximate surface area is 420 Å². The molecular weight excluding hydrogens is 947 g/mol. The molecule has 31 unspecified atom stereocenters. The van der Waals surface area contributed by atoms with Crippen LogP contribution >= 0.6 is 0 Å². The molecule has 21 nitrogen and oxygen atoms in total. The fourth-order valence-corrected chi connectivity index (χ4v) is 16.3. The van der Waals surface area contributed by atoms with Gasteiger partial charge in [0.15, 0.2) is 25.2 Å². The van der Waals surface area contributed by atoms with Crippen molar-refractivity contribution in [3.8, 4) is 0 Å². The molecule has 10 rings (SSSR count). The first-order valence-electron chi connectivity index (χ1n) is 26.9. The zero-order valence-corrected chi connectivity index (χ0v) is 42.1. The van der Waals surface area contributed by atoms with Gasteiger partial charge in [-0.1, -0.05) is 39.3 Å². The van der Waals surface area contributed by atoms with E-state index in [4.69, 9.17) is 37.9 Å². The van der Waals surface area contributed by atoms with E-state index in [1.165, 1.54) is 44.7 Å². The van der Waals surface area contributed by atoms with Gasteiger partial charge in [0.25, 0.3) is 0 Å². The number of ether oxygens (including phenoxy) is 8. The zero-order chi connectivity index (χ0) is 51.5. The first-order chi connectivity index (χ1) is 34.2. The van der Waals surface area contributed by atoms with E-state index in [2.05, 4.69) is 38.7 Å². The van der Waals surface area contributed by atoms with Gasteiger partial charge in [0.2, 0.25) is 0 Å². The van der Waals surface area contributed by atoms with Crippen LogP contribution in [0, 0.1) is 46.3 Å². The Kier molecular flexibility index (Phi) is 15.8. The van der Waals surface area contributed by atoms with E-state index in [1.54, 1.807) is 0 Å².